The minimum Gasteiger partial charge on any atom is -0.465 e. The molecule has 0 aliphatic heterocycles. The molecule has 3 rings (SSSR count). The first-order valence-corrected chi connectivity index (χ1v) is 8.95. The highest BCUT2D eigenvalue weighted by molar-refractivity contribution is 5.96. The van der Waals surface area contributed by atoms with E-state index in [-0.39, 0.29) is 17.2 Å². The van der Waals surface area contributed by atoms with Gasteiger partial charge in [-0.2, -0.15) is 0 Å². The molecule has 0 radical (unpaired) electrons. The molecular formula is C22H18F2N2O4. The summed E-state index contributed by atoms with van der Waals surface area (Å²) in [7, 11) is 1.29. The third-order valence-electron chi connectivity index (χ3n) is 4.27. The van der Waals surface area contributed by atoms with Crippen LogP contribution in [0.1, 0.15) is 39.2 Å². The zero-order chi connectivity index (χ0) is 21.7. The molecule has 0 saturated heterocycles. The Hall–Kier alpha value is -3.81. The lowest BCUT2D eigenvalue weighted by atomic mass is 10.1. The minimum atomic E-state index is -0.707. The molecule has 1 aromatic heterocycles. The third kappa shape index (κ3) is 4.96. The second-order valence-electron chi connectivity index (χ2n) is 6.37. The van der Waals surface area contributed by atoms with Crippen LogP contribution in [0.15, 0.2) is 60.8 Å². The first-order chi connectivity index (χ1) is 14.4. The van der Waals surface area contributed by atoms with Gasteiger partial charge in [-0.1, -0.05) is 12.1 Å². The molecule has 3 aromatic rings. The fourth-order valence-electron chi connectivity index (χ4n) is 2.67. The van der Waals surface area contributed by atoms with E-state index in [4.69, 9.17) is 4.74 Å². The highest BCUT2D eigenvalue weighted by Crippen LogP contribution is 2.25. The number of halogens is 2. The Balaban J connectivity index is 1.78. The zero-order valence-electron chi connectivity index (χ0n) is 16.2. The molecular weight excluding hydrogens is 394 g/mol. The lowest BCUT2D eigenvalue weighted by Gasteiger charge is -2.16. The van der Waals surface area contributed by atoms with Crippen molar-refractivity contribution in [3.63, 3.8) is 0 Å². The molecule has 0 saturated carbocycles. The van der Waals surface area contributed by atoms with Gasteiger partial charge < -0.3 is 14.8 Å². The average Bonchev–Trinajstić information content (AvgIpc) is 2.76. The van der Waals surface area contributed by atoms with Crippen molar-refractivity contribution in [2.75, 3.05) is 7.11 Å². The van der Waals surface area contributed by atoms with Crippen LogP contribution in [0.5, 0.6) is 11.6 Å². The Bertz CT molecular complexity index is 1050. The van der Waals surface area contributed by atoms with E-state index in [1.54, 1.807) is 31.2 Å². The molecule has 0 unspecified atom stereocenters. The smallest absolute Gasteiger partial charge is 0.337 e. The van der Waals surface area contributed by atoms with Crippen molar-refractivity contribution < 1.29 is 27.8 Å². The first kappa shape index (κ1) is 20.9. The van der Waals surface area contributed by atoms with Crippen LogP contribution < -0.4 is 10.1 Å². The van der Waals surface area contributed by atoms with Crippen molar-refractivity contribution in [3.8, 4) is 11.6 Å². The second kappa shape index (κ2) is 9.13. The monoisotopic (exact) mass is 412 g/mol. The number of aromatic nitrogens is 1. The summed E-state index contributed by atoms with van der Waals surface area (Å²) < 4.78 is 37.0. The molecule has 154 valence electrons. The van der Waals surface area contributed by atoms with E-state index in [1.165, 1.54) is 31.4 Å². The van der Waals surface area contributed by atoms with E-state index >= 15 is 0 Å². The van der Waals surface area contributed by atoms with Crippen LogP contribution >= 0.6 is 0 Å². The maximum atomic E-state index is 13.7. The molecule has 1 amide bonds. The van der Waals surface area contributed by atoms with Crippen molar-refractivity contribution in [2.24, 2.45) is 0 Å². The third-order valence-corrected chi connectivity index (χ3v) is 4.27. The second-order valence-corrected chi connectivity index (χ2v) is 6.37. The van der Waals surface area contributed by atoms with Gasteiger partial charge in [0, 0.05) is 0 Å². The van der Waals surface area contributed by atoms with E-state index in [0.717, 1.165) is 17.8 Å². The van der Waals surface area contributed by atoms with Gasteiger partial charge in [-0.25, -0.2) is 18.6 Å². The number of nitrogens with zero attached hydrogens (tertiary/aromatic N) is 1. The van der Waals surface area contributed by atoms with Gasteiger partial charge in [0.15, 0.2) is 0 Å². The van der Waals surface area contributed by atoms with E-state index in [9.17, 15) is 18.4 Å². The number of amides is 1. The van der Waals surface area contributed by atoms with Crippen molar-refractivity contribution in [1.29, 1.82) is 0 Å². The van der Waals surface area contributed by atoms with E-state index in [2.05, 4.69) is 15.0 Å². The summed E-state index contributed by atoms with van der Waals surface area (Å²) in [6.07, 6.45) is 0.921. The number of esters is 1. The number of methoxy groups -OCH3 is 1. The Morgan fingerprint density at radius 3 is 2.30 bits per heavy atom. The van der Waals surface area contributed by atoms with E-state index < -0.39 is 29.6 Å². The topological polar surface area (TPSA) is 77.5 Å². The van der Waals surface area contributed by atoms with Crippen molar-refractivity contribution in [1.82, 2.24) is 10.3 Å². The Morgan fingerprint density at radius 2 is 1.67 bits per heavy atom. The maximum absolute atomic E-state index is 13.7. The lowest BCUT2D eigenvalue weighted by Crippen LogP contribution is -2.27. The number of benzene rings is 2. The number of nitrogens with one attached hydrogen (secondary N) is 1. The summed E-state index contributed by atoms with van der Waals surface area (Å²) in [5, 5.41) is 2.74. The summed E-state index contributed by atoms with van der Waals surface area (Å²) in [5.41, 5.74) is 0.989. The highest BCUT2D eigenvalue weighted by atomic mass is 19.1. The van der Waals surface area contributed by atoms with Gasteiger partial charge in [-0.3, -0.25) is 4.79 Å². The Morgan fingerprint density at radius 1 is 1.00 bits per heavy atom. The van der Waals surface area contributed by atoms with Crippen LogP contribution in [0.25, 0.3) is 0 Å². The lowest BCUT2D eigenvalue weighted by molar-refractivity contribution is 0.0600. The molecule has 30 heavy (non-hydrogen) atoms. The number of hydrogen-bond donors (Lipinski definition) is 1. The molecule has 0 aliphatic carbocycles. The molecule has 1 atom stereocenters. The fourth-order valence-corrected chi connectivity index (χ4v) is 2.67. The largest absolute Gasteiger partial charge is 0.465 e. The van der Waals surface area contributed by atoms with Gasteiger partial charge in [0.25, 0.3) is 5.91 Å². The van der Waals surface area contributed by atoms with Crippen LogP contribution in [0.4, 0.5) is 8.78 Å². The first-order valence-electron chi connectivity index (χ1n) is 8.95. The molecule has 0 bridgehead atoms. The predicted octanol–water partition coefficient (Wildman–Crippen LogP) is 4.43. The standard InChI is InChI=1S/C22H18F2N2O4/c1-13(14-3-5-15(6-4-14)22(28)29-2)26-20(27)19-11-17(24)12-25-21(19)30-18-9-7-16(23)8-10-18/h3-13H,1-2H3,(H,26,27)/t13-/m0/s1. The normalized spacial score (nSPS) is 11.5. The predicted molar refractivity (Wildman–Crippen MR) is 104 cm³/mol. The van der Waals surface area contributed by atoms with Gasteiger partial charge >= 0.3 is 5.97 Å². The molecule has 6 nitrogen and oxygen atoms in total. The van der Waals surface area contributed by atoms with Gasteiger partial charge in [-0.05, 0) is 55.0 Å². The summed E-state index contributed by atoms with van der Waals surface area (Å²) in [4.78, 5) is 28.1. The van der Waals surface area contributed by atoms with Crippen molar-refractivity contribution >= 4 is 11.9 Å². The number of pyridine rings is 1. The molecule has 2 aromatic carbocycles. The van der Waals surface area contributed by atoms with Gasteiger partial charge in [0.2, 0.25) is 5.88 Å². The summed E-state index contributed by atoms with van der Waals surface area (Å²) in [6.45, 7) is 1.73. The van der Waals surface area contributed by atoms with Gasteiger partial charge in [0.05, 0.1) is 24.9 Å². The van der Waals surface area contributed by atoms with Crippen LogP contribution in [0.3, 0.4) is 0 Å². The number of ether oxygens (including phenoxy) is 2. The summed E-state index contributed by atoms with van der Waals surface area (Å²) in [5.74, 6) is -2.10. The van der Waals surface area contributed by atoms with E-state index in [0.29, 0.717) is 5.56 Å². The number of rotatable bonds is 6. The molecule has 1 N–H and O–H groups in total. The van der Waals surface area contributed by atoms with Crippen molar-refractivity contribution in [2.45, 2.75) is 13.0 Å². The van der Waals surface area contributed by atoms with Gasteiger partial charge in [0.1, 0.15) is 22.9 Å². The number of carbonyl (C=O) groups is 2. The highest BCUT2D eigenvalue weighted by Gasteiger charge is 2.19. The van der Waals surface area contributed by atoms with Crippen LogP contribution in [-0.4, -0.2) is 24.0 Å². The molecule has 1 heterocycles. The minimum absolute atomic E-state index is 0.114. The van der Waals surface area contributed by atoms with Gasteiger partial charge in [-0.15, -0.1) is 0 Å². The molecule has 0 spiro atoms. The SMILES string of the molecule is COC(=O)c1ccc([C@H](C)NC(=O)c2cc(F)cnc2Oc2ccc(F)cc2)cc1. The quantitative estimate of drug-likeness (QED) is 0.606. The summed E-state index contributed by atoms with van der Waals surface area (Å²) in [6, 6.07) is 12.2. The van der Waals surface area contributed by atoms with Crippen LogP contribution in [0.2, 0.25) is 0 Å². The Kier molecular flexibility index (Phi) is 6.36. The summed E-state index contributed by atoms with van der Waals surface area (Å²) >= 11 is 0. The Labute approximate surface area is 171 Å². The molecule has 8 heteroatoms. The van der Waals surface area contributed by atoms with E-state index in [1.807, 2.05) is 0 Å². The number of carbonyl (C=O) groups excluding carboxylic acids is 2. The zero-order valence-corrected chi connectivity index (χ0v) is 16.2. The van der Waals surface area contributed by atoms with Crippen LogP contribution in [0, 0.1) is 11.6 Å². The average molecular weight is 412 g/mol. The van der Waals surface area contributed by atoms with Crippen LogP contribution in [-0.2, 0) is 4.74 Å². The molecule has 0 fully saturated rings. The number of hydrogen-bond acceptors (Lipinski definition) is 5. The fraction of sp³-hybridized carbons (Fsp3) is 0.136. The maximum Gasteiger partial charge on any atom is 0.337 e. The van der Waals surface area contributed by atoms with Crippen molar-refractivity contribution in [3.05, 3.63) is 89.1 Å². The molecule has 0 aliphatic rings.